The van der Waals surface area contributed by atoms with E-state index in [2.05, 4.69) is 6.07 Å². The summed E-state index contributed by atoms with van der Waals surface area (Å²) in [6.07, 6.45) is 6.56. The highest BCUT2D eigenvalue weighted by atomic mass is 16.5. The lowest BCUT2D eigenvalue weighted by molar-refractivity contribution is -0.139. The van der Waals surface area contributed by atoms with Crippen LogP contribution in [0.4, 0.5) is 5.69 Å². The summed E-state index contributed by atoms with van der Waals surface area (Å²) in [4.78, 5) is 26.4. The maximum Gasteiger partial charge on any atom is 0.355 e. The van der Waals surface area contributed by atoms with Crippen LogP contribution in [0.5, 0.6) is 0 Å². The quantitative estimate of drug-likeness (QED) is 0.745. The van der Waals surface area contributed by atoms with Crippen molar-refractivity contribution in [3.05, 3.63) is 89.8 Å². The lowest BCUT2D eigenvalue weighted by Crippen LogP contribution is -2.26. The number of esters is 2. The van der Waals surface area contributed by atoms with E-state index in [0.29, 0.717) is 11.3 Å². The molecule has 0 atom stereocenters. The number of nitriles is 1. The molecule has 144 valence electrons. The Balaban J connectivity index is 2.11. The lowest BCUT2D eigenvalue weighted by Gasteiger charge is -2.23. The first-order valence-corrected chi connectivity index (χ1v) is 8.74. The number of rotatable bonds is 4. The van der Waals surface area contributed by atoms with Gasteiger partial charge in [0.25, 0.3) is 0 Å². The van der Waals surface area contributed by atoms with Gasteiger partial charge in [0.1, 0.15) is 5.70 Å². The van der Waals surface area contributed by atoms with Crippen LogP contribution in [0.25, 0.3) is 11.1 Å². The molecule has 3 rings (SSSR count). The Kier molecular flexibility index (Phi) is 5.91. The zero-order chi connectivity index (χ0) is 20.8. The second kappa shape index (κ2) is 8.72. The number of ether oxygens (including phenoxy) is 2. The largest absolute Gasteiger partial charge is 0.465 e. The molecular weight excluding hydrogens is 368 g/mol. The summed E-state index contributed by atoms with van der Waals surface area (Å²) in [5.41, 5.74) is 3.19. The first-order chi connectivity index (χ1) is 14.1. The van der Waals surface area contributed by atoms with Gasteiger partial charge in [-0.05, 0) is 47.5 Å². The molecule has 29 heavy (non-hydrogen) atoms. The van der Waals surface area contributed by atoms with E-state index in [4.69, 9.17) is 14.7 Å². The minimum absolute atomic E-state index is 0.0568. The predicted molar refractivity (Wildman–Crippen MR) is 108 cm³/mol. The Bertz CT molecular complexity index is 1070. The van der Waals surface area contributed by atoms with Gasteiger partial charge in [0, 0.05) is 11.9 Å². The molecule has 0 aromatic heterocycles. The lowest BCUT2D eigenvalue weighted by atomic mass is 10.0. The fourth-order valence-electron chi connectivity index (χ4n) is 2.94. The summed E-state index contributed by atoms with van der Waals surface area (Å²) >= 11 is 0. The van der Waals surface area contributed by atoms with E-state index < -0.39 is 11.9 Å². The summed E-state index contributed by atoms with van der Waals surface area (Å²) in [7, 11) is 2.51. The molecule has 1 aliphatic heterocycles. The molecule has 6 heteroatoms. The molecule has 0 saturated heterocycles. The molecule has 0 bridgehead atoms. The second-order valence-corrected chi connectivity index (χ2v) is 6.06. The van der Waals surface area contributed by atoms with Crippen LogP contribution in [-0.4, -0.2) is 26.2 Å². The Labute approximate surface area is 168 Å². The van der Waals surface area contributed by atoms with Crippen molar-refractivity contribution in [1.29, 1.82) is 5.26 Å². The number of nitrogens with zero attached hydrogens (tertiary/aromatic N) is 2. The zero-order valence-electron chi connectivity index (χ0n) is 16.0. The van der Waals surface area contributed by atoms with Gasteiger partial charge < -0.3 is 14.4 Å². The molecule has 0 saturated carbocycles. The third-order valence-electron chi connectivity index (χ3n) is 4.36. The Morgan fingerprint density at radius 2 is 1.66 bits per heavy atom. The number of methoxy groups -OCH3 is 2. The third kappa shape index (κ3) is 4.09. The molecule has 0 spiro atoms. The van der Waals surface area contributed by atoms with Crippen LogP contribution in [0, 0.1) is 11.3 Å². The maximum atomic E-state index is 12.5. The zero-order valence-corrected chi connectivity index (χ0v) is 16.0. The van der Waals surface area contributed by atoms with E-state index in [-0.39, 0.29) is 11.3 Å². The molecule has 1 heterocycles. The van der Waals surface area contributed by atoms with E-state index in [1.165, 1.54) is 20.3 Å². The molecule has 0 fully saturated rings. The minimum atomic E-state index is -0.662. The molecule has 0 unspecified atom stereocenters. The average molecular weight is 386 g/mol. The van der Waals surface area contributed by atoms with Gasteiger partial charge >= 0.3 is 11.9 Å². The fourth-order valence-corrected chi connectivity index (χ4v) is 2.94. The Hall–Kier alpha value is -4.11. The summed E-state index contributed by atoms with van der Waals surface area (Å²) in [5.74, 6) is -1.30. The number of carbonyl (C=O) groups excluding carboxylic acids is 2. The van der Waals surface area contributed by atoms with Crippen molar-refractivity contribution in [2.45, 2.75) is 0 Å². The van der Waals surface area contributed by atoms with Gasteiger partial charge in [-0.3, -0.25) is 0 Å². The number of anilines is 1. The van der Waals surface area contributed by atoms with Crippen molar-refractivity contribution < 1.29 is 19.1 Å². The van der Waals surface area contributed by atoms with Crippen LogP contribution < -0.4 is 4.90 Å². The molecule has 0 radical (unpaired) electrons. The smallest absolute Gasteiger partial charge is 0.355 e. The number of hydrogen-bond acceptors (Lipinski definition) is 6. The van der Waals surface area contributed by atoms with Gasteiger partial charge in [-0.1, -0.05) is 30.3 Å². The first-order valence-electron chi connectivity index (χ1n) is 8.74. The van der Waals surface area contributed by atoms with Crippen LogP contribution in [0.3, 0.4) is 0 Å². The van der Waals surface area contributed by atoms with Crippen LogP contribution in [0.1, 0.15) is 5.56 Å². The molecule has 2 aromatic carbocycles. The van der Waals surface area contributed by atoms with Gasteiger partial charge in [0.05, 0.1) is 31.4 Å². The second-order valence-electron chi connectivity index (χ2n) is 6.06. The maximum absolute atomic E-state index is 12.5. The number of carbonyl (C=O) groups is 2. The standard InChI is InChI=1S/C23H18N2O4/c1-28-22(26)20-8-3-4-13-25(21(20)23(27)29-2)19-7-5-6-18(14-19)17-11-9-16(15-24)10-12-17/h3-14H,1-2H3. The molecule has 0 amide bonds. The van der Waals surface area contributed by atoms with Crippen molar-refractivity contribution in [1.82, 2.24) is 0 Å². The van der Waals surface area contributed by atoms with Crippen LogP contribution >= 0.6 is 0 Å². The minimum Gasteiger partial charge on any atom is -0.465 e. The summed E-state index contributed by atoms with van der Waals surface area (Å²) in [5, 5.41) is 8.98. The number of allylic oxidation sites excluding steroid dienone is 2. The SMILES string of the molecule is COC(=O)C1=C(C(=O)OC)N(c2cccc(-c3ccc(C#N)cc3)c2)C=CC=C1. The predicted octanol–water partition coefficient (Wildman–Crippen LogP) is 3.72. The van der Waals surface area contributed by atoms with Crippen molar-refractivity contribution in [2.24, 2.45) is 0 Å². The molecule has 2 aromatic rings. The van der Waals surface area contributed by atoms with E-state index >= 15 is 0 Å². The monoisotopic (exact) mass is 386 g/mol. The van der Waals surface area contributed by atoms with E-state index in [9.17, 15) is 9.59 Å². The van der Waals surface area contributed by atoms with Crippen molar-refractivity contribution >= 4 is 17.6 Å². The first kappa shape index (κ1) is 19.6. The van der Waals surface area contributed by atoms with Crippen molar-refractivity contribution in [3.63, 3.8) is 0 Å². The fraction of sp³-hybridized carbons (Fsp3) is 0.0870. The van der Waals surface area contributed by atoms with Crippen molar-refractivity contribution in [2.75, 3.05) is 19.1 Å². The Morgan fingerprint density at radius 1 is 0.931 bits per heavy atom. The van der Waals surface area contributed by atoms with Crippen LogP contribution in [-0.2, 0) is 19.1 Å². The average Bonchev–Trinajstić information content (AvgIpc) is 3.01. The summed E-state index contributed by atoms with van der Waals surface area (Å²) < 4.78 is 9.75. The number of hydrogen-bond donors (Lipinski definition) is 0. The van der Waals surface area contributed by atoms with Gasteiger partial charge in [-0.2, -0.15) is 5.26 Å². The van der Waals surface area contributed by atoms with Gasteiger partial charge in [0.2, 0.25) is 0 Å². The molecule has 6 nitrogen and oxygen atoms in total. The van der Waals surface area contributed by atoms with Gasteiger partial charge in [0.15, 0.2) is 0 Å². The van der Waals surface area contributed by atoms with E-state index in [0.717, 1.165) is 11.1 Å². The van der Waals surface area contributed by atoms with Crippen molar-refractivity contribution in [3.8, 4) is 17.2 Å². The third-order valence-corrected chi connectivity index (χ3v) is 4.36. The van der Waals surface area contributed by atoms with E-state index in [1.54, 1.807) is 35.4 Å². The summed E-state index contributed by atoms with van der Waals surface area (Å²) in [6.45, 7) is 0. The molecule has 0 aliphatic carbocycles. The molecule has 0 N–H and O–H groups in total. The number of benzene rings is 2. The normalized spacial score (nSPS) is 12.9. The highest BCUT2D eigenvalue weighted by molar-refractivity contribution is 6.05. The van der Waals surface area contributed by atoms with Crippen LogP contribution in [0.15, 0.2) is 84.2 Å². The van der Waals surface area contributed by atoms with Crippen LogP contribution in [0.2, 0.25) is 0 Å². The van der Waals surface area contributed by atoms with E-state index in [1.807, 2.05) is 36.4 Å². The Morgan fingerprint density at radius 3 is 2.31 bits per heavy atom. The van der Waals surface area contributed by atoms with Gasteiger partial charge in [-0.15, -0.1) is 0 Å². The highest BCUT2D eigenvalue weighted by Gasteiger charge is 2.27. The molecular formula is C23H18N2O4. The highest BCUT2D eigenvalue weighted by Crippen LogP contribution is 2.30. The topological polar surface area (TPSA) is 79.6 Å². The summed E-state index contributed by atoms with van der Waals surface area (Å²) in [6, 6.07) is 16.8. The van der Waals surface area contributed by atoms with Gasteiger partial charge in [-0.25, -0.2) is 9.59 Å². The molecule has 1 aliphatic rings.